The zero-order valence-electron chi connectivity index (χ0n) is 19.0. The van der Waals surface area contributed by atoms with Crippen LogP contribution in [-0.2, 0) is 10.8 Å². The second-order valence-corrected chi connectivity index (χ2v) is 9.84. The highest BCUT2D eigenvalue weighted by Crippen LogP contribution is 2.42. The number of carbonyl (C=O) groups is 1. The number of ether oxygens (including phenoxy) is 1. The topological polar surface area (TPSA) is 66.8 Å². The second kappa shape index (κ2) is 8.10. The maximum atomic E-state index is 12.7. The van der Waals surface area contributed by atoms with Crippen LogP contribution in [0.15, 0.2) is 60.7 Å². The number of para-hydroxylation sites is 1. The summed E-state index contributed by atoms with van der Waals surface area (Å²) in [5.74, 6) is 1.23. The predicted octanol–water partition coefficient (Wildman–Crippen LogP) is 6.72. The van der Waals surface area contributed by atoms with Gasteiger partial charge in [0.2, 0.25) is 0 Å². The Morgan fingerprint density at radius 1 is 0.742 bits per heavy atom. The fourth-order valence-electron chi connectivity index (χ4n) is 3.44. The van der Waals surface area contributed by atoms with Crippen molar-refractivity contribution < 1.29 is 19.7 Å². The number of hydrogen-bond acceptors (Lipinski definition) is 4. The molecule has 3 aromatic carbocycles. The van der Waals surface area contributed by atoms with Crippen LogP contribution in [0.2, 0.25) is 0 Å². The minimum Gasteiger partial charge on any atom is -0.507 e. The van der Waals surface area contributed by atoms with Crippen molar-refractivity contribution >= 4 is 5.78 Å². The molecule has 0 aliphatic carbocycles. The molecule has 0 unspecified atom stereocenters. The van der Waals surface area contributed by atoms with Crippen LogP contribution in [0, 0.1) is 0 Å². The third-order valence-electron chi connectivity index (χ3n) is 5.20. The van der Waals surface area contributed by atoms with Crippen molar-refractivity contribution in [1.29, 1.82) is 0 Å². The first-order chi connectivity index (χ1) is 14.4. The fourth-order valence-corrected chi connectivity index (χ4v) is 3.44. The van der Waals surface area contributed by atoms with E-state index < -0.39 is 0 Å². The van der Waals surface area contributed by atoms with Crippen LogP contribution in [0.4, 0.5) is 0 Å². The van der Waals surface area contributed by atoms with Crippen molar-refractivity contribution in [1.82, 2.24) is 0 Å². The quantitative estimate of drug-likeness (QED) is 0.462. The van der Waals surface area contributed by atoms with E-state index in [-0.39, 0.29) is 27.9 Å². The van der Waals surface area contributed by atoms with Gasteiger partial charge in [0, 0.05) is 16.7 Å². The molecule has 3 aromatic rings. The summed E-state index contributed by atoms with van der Waals surface area (Å²) in [7, 11) is 0. The summed E-state index contributed by atoms with van der Waals surface area (Å²) in [4.78, 5) is 12.7. The van der Waals surface area contributed by atoms with Gasteiger partial charge in [0.1, 0.15) is 23.0 Å². The molecule has 0 aliphatic rings. The van der Waals surface area contributed by atoms with Gasteiger partial charge in [-0.25, -0.2) is 0 Å². The molecule has 0 radical (unpaired) electrons. The van der Waals surface area contributed by atoms with E-state index in [0.717, 1.165) is 11.1 Å². The Kier molecular flexibility index (Phi) is 5.86. The molecule has 0 atom stereocenters. The van der Waals surface area contributed by atoms with Gasteiger partial charge in [-0.15, -0.1) is 0 Å². The predicted molar refractivity (Wildman–Crippen MR) is 124 cm³/mol. The van der Waals surface area contributed by atoms with Crippen LogP contribution in [0.25, 0.3) is 0 Å². The van der Waals surface area contributed by atoms with Gasteiger partial charge >= 0.3 is 0 Å². The highest BCUT2D eigenvalue weighted by atomic mass is 16.5. The Morgan fingerprint density at radius 2 is 1.26 bits per heavy atom. The Morgan fingerprint density at radius 3 is 1.74 bits per heavy atom. The lowest BCUT2D eigenvalue weighted by molar-refractivity contribution is 0.103. The Labute approximate surface area is 184 Å². The van der Waals surface area contributed by atoms with Crippen LogP contribution in [0.5, 0.6) is 23.0 Å². The molecule has 0 heterocycles. The first kappa shape index (κ1) is 22.4. The molecule has 0 bridgehead atoms. The minimum atomic E-state index is -0.253. The second-order valence-electron chi connectivity index (χ2n) is 9.84. The number of benzene rings is 3. The summed E-state index contributed by atoms with van der Waals surface area (Å²) in [6, 6.07) is 17.0. The van der Waals surface area contributed by atoms with Crippen LogP contribution in [0.3, 0.4) is 0 Å². The maximum Gasteiger partial charge on any atom is 0.196 e. The van der Waals surface area contributed by atoms with E-state index in [0.29, 0.717) is 22.8 Å². The average molecular weight is 419 g/mol. The molecule has 0 saturated carbocycles. The van der Waals surface area contributed by atoms with E-state index in [1.165, 1.54) is 6.07 Å². The van der Waals surface area contributed by atoms with Crippen molar-refractivity contribution in [2.45, 2.75) is 52.4 Å². The zero-order chi connectivity index (χ0) is 23.0. The summed E-state index contributed by atoms with van der Waals surface area (Å²) in [6.45, 7) is 12.3. The number of aromatic hydroxyl groups is 2. The fraction of sp³-hybridized carbons (Fsp3) is 0.296. The number of phenolic OH excluding ortho intramolecular Hbond substituents is 2. The van der Waals surface area contributed by atoms with Gasteiger partial charge in [0.15, 0.2) is 5.78 Å². The standard InChI is InChI=1S/C27H30O4/c1-26(2,3)21-15-19(16-22(25(21)30)27(4,5)6)31-18-13-11-17(12-14-18)24(29)20-9-7-8-10-23(20)28/h7-16,28,30H,1-6H3. The molecular weight excluding hydrogens is 388 g/mol. The lowest BCUT2D eigenvalue weighted by Crippen LogP contribution is -2.17. The van der Waals surface area contributed by atoms with Crippen LogP contribution >= 0.6 is 0 Å². The molecule has 162 valence electrons. The van der Waals surface area contributed by atoms with E-state index in [1.54, 1.807) is 42.5 Å². The molecule has 0 aromatic heterocycles. The van der Waals surface area contributed by atoms with Crippen molar-refractivity contribution in [3.8, 4) is 23.0 Å². The molecule has 4 nitrogen and oxygen atoms in total. The molecular formula is C27H30O4. The number of carbonyl (C=O) groups excluding carboxylic acids is 1. The molecule has 0 spiro atoms. The highest BCUT2D eigenvalue weighted by molar-refractivity contribution is 6.10. The van der Waals surface area contributed by atoms with E-state index in [2.05, 4.69) is 41.5 Å². The van der Waals surface area contributed by atoms with E-state index in [1.807, 2.05) is 12.1 Å². The number of phenols is 2. The molecule has 0 amide bonds. The van der Waals surface area contributed by atoms with Crippen LogP contribution in [-0.4, -0.2) is 16.0 Å². The van der Waals surface area contributed by atoms with Crippen molar-refractivity contribution in [2.75, 3.05) is 0 Å². The third kappa shape index (κ3) is 4.91. The van der Waals surface area contributed by atoms with Crippen molar-refractivity contribution in [2.24, 2.45) is 0 Å². The van der Waals surface area contributed by atoms with Gasteiger partial charge < -0.3 is 14.9 Å². The van der Waals surface area contributed by atoms with Gasteiger partial charge in [-0.2, -0.15) is 0 Å². The van der Waals surface area contributed by atoms with Gasteiger partial charge in [-0.1, -0.05) is 53.7 Å². The number of ketones is 1. The zero-order valence-corrected chi connectivity index (χ0v) is 19.0. The highest BCUT2D eigenvalue weighted by Gasteiger charge is 2.27. The summed E-state index contributed by atoms with van der Waals surface area (Å²) in [6.07, 6.45) is 0. The minimum absolute atomic E-state index is 0.0404. The Hall–Kier alpha value is -3.27. The monoisotopic (exact) mass is 418 g/mol. The Balaban J connectivity index is 1.93. The van der Waals surface area contributed by atoms with Crippen LogP contribution < -0.4 is 4.74 Å². The van der Waals surface area contributed by atoms with Crippen molar-refractivity contribution in [3.63, 3.8) is 0 Å². The van der Waals surface area contributed by atoms with Gasteiger partial charge in [-0.05, 0) is 59.4 Å². The lowest BCUT2D eigenvalue weighted by Gasteiger charge is -2.28. The molecule has 0 aliphatic heterocycles. The van der Waals surface area contributed by atoms with Gasteiger partial charge in [0.25, 0.3) is 0 Å². The SMILES string of the molecule is CC(C)(C)c1cc(Oc2ccc(C(=O)c3ccccc3O)cc2)cc(C(C)(C)C)c1O. The molecule has 0 saturated heterocycles. The van der Waals surface area contributed by atoms with E-state index in [4.69, 9.17) is 4.74 Å². The third-order valence-corrected chi connectivity index (χ3v) is 5.20. The number of rotatable bonds is 4. The summed E-state index contributed by atoms with van der Waals surface area (Å²) in [5, 5.41) is 20.8. The molecule has 2 N–H and O–H groups in total. The molecule has 31 heavy (non-hydrogen) atoms. The normalized spacial score (nSPS) is 11.9. The maximum absolute atomic E-state index is 12.7. The smallest absolute Gasteiger partial charge is 0.196 e. The largest absolute Gasteiger partial charge is 0.507 e. The van der Waals surface area contributed by atoms with Gasteiger partial charge in [-0.3, -0.25) is 4.79 Å². The summed E-state index contributed by atoms with van der Waals surface area (Å²) >= 11 is 0. The average Bonchev–Trinajstić information content (AvgIpc) is 2.68. The van der Waals surface area contributed by atoms with Gasteiger partial charge in [0.05, 0.1) is 5.56 Å². The molecule has 0 fully saturated rings. The van der Waals surface area contributed by atoms with E-state index in [9.17, 15) is 15.0 Å². The first-order valence-corrected chi connectivity index (χ1v) is 10.4. The summed E-state index contributed by atoms with van der Waals surface area (Å²) < 4.78 is 6.10. The lowest BCUT2D eigenvalue weighted by atomic mass is 9.79. The Bertz CT molecular complexity index is 1060. The van der Waals surface area contributed by atoms with Crippen molar-refractivity contribution in [3.05, 3.63) is 82.9 Å². The molecule has 3 rings (SSSR count). The summed E-state index contributed by atoms with van der Waals surface area (Å²) in [5.41, 5.74) is 1.86. The first-order valence-electron chi connectivity index (χ1n) is 10.4. The van der Waals surface area contributed by atoms with E-state index >= 15 is 0 Å². The molecule has 4 heteroatoms. The van der Waals surface area contributed by atoms with Crippen LogP contribution in [0.1, 0.15) is 68.6 Å². The number of hydrogen-bond donors (Lipinski definition) is 2.